The monoisotopic (exact) mass is 419 g/mol. The first-order chi connectivity index (χ1) is 12.4. The first kappa shape index (κ1) is 18.5. The van der Waals surface area contributed by atoms with E-state index in [4.69, 9.17) is 4.42 Å². The Balaban J connectivity index is 1.52. The summed E-state index contributed by atoms with van der Waals surface area (Å²) in [7, 11) is 3.93. The summed E-state index contributed by atoms with van der Waals surface area (Å²) < 4.78 is 5.87. The second-order valence-electron chi connectivity index (χ2n) is 6.58. The van der Waals surface area contributed by atoms with Gasteiger partial charge in [0.15, 0.2) is 10.4 Å². The maximum atomic E-state index is 12.4. The highest BCUT2D eigenvalue weighted by Gasteiger charge is 2.26. The van der Waals surface area contributed by atoms with Crippen molar-refractivity contribution >= 4 is 33.4 Å². The van der Waals surface area contributed by atoms with Crippen LogP contribution < -0.4 is 10.2 Å². The van der Waals surface area contributed by atoms with Gasteiger partial charge in [-0.2, -0.15) is 0 Å². The lowest BCUT2D eigenvalue weighted by Crippen LogP contribution is -2.46. The van der Waals surface area contributed by atoms with E-state index in [0.717, 1.165) is 18.5 Å². The first-order valence-electron chi connectivity index (χ1n) is 8.57. The minimum atomic E-state index is -0.111. The summed E-state index contributed by atoms with van der Waals surface area (Å²) in [5, 5.41) is 3.07. The molecule has 0 radical (unpaired) electrons. The number of carbonyl (C=O) groups excluding carboxylic acids is 2. The molecule has 1 fully saturated rings. The molecule has 1 aliphatic heterocycles. The quantitative estimate of drug-likeness (QED) is 0.826. The number of rotatable bonds is 4. The Labute approximate surface area is 161 Å². The van der Waals surface area contributed by atoms with Crippen molar-refractivity contribution < 1.29 is 14.0 Å². The van der Waals surface area contributed by atoms with Gasteiger partial charge in [-0.1, -0.05) is 0 Å². The van der Waals surface area contributed by atoms with Gasteiger partial charge in [0, 0.05) is 44.5 Å². The number of benzene rings is 1. The van der Waals surface area contributed by atoms with Gasteiger partial charge in [-0.25, -0.2) is 0 Å². The molecule has 6 nitrogen and oxygen atoms in total. The van der Waals surface area contributed by atoms with Crippen LogP contribution in [-0.4, -0.2) is 49.9 Å². The molecule has 1 aromatic heterocycles. The van der Waals surface area contributed by atoms with Gasteiger partial charge in [-0.05, 0) is 65.2 Å². The molecule has 0 aliphatic carbocycles. The van der Waals surface area contributed by atoms with Gasteiger partial charge in [0.2, 0.25) is 0 Å². The SMILES string of the molecule is CN(C)c1ccc(C(=O)NC2CCN(C(=O)c3ccc(Br)o3)CC2)cc1. The molecule has 2 amide bonds. The predicted octanol–water partition coefficient (Wildman–Crippen LogP) is 3.14. The van der Waals surface area contributed by atoms with Crippen LogP contribution in [0.2, 0.25) is 0 Å². The van der Waals surface area contributed by atoms with Crippen molar-refractivity contribution in [1.82, 2.24) is 10.2 Å². The molecule has 2 heterocycles. The fraction of sp³-hybridized carbons (Fsp3) is 0.368. The van der Waals surface area contributed by atoms with E-state index in [1.165, 1.54) is 0 Å². The summed E-state index contributed by atoms with van der Waals surface area (Å²) in [6, 6.07) is 11.0. The molecule has 0 unspecified atom stereocenters. The lowest BCUT2D eigenvalue weighted by atomic mass is 10.0. The largest absolute Gasteiger partial charge is 0.444 e. The summed E-state index contributed by atoms with van der Waals surface area (Å²) >= 11 is 3.21. The standard InChI is InChI=1S/C19H22BrN3O3/c1-22(2)15-5-3-13(4-6-15)18(24)21-14-9-11-23(12-10-14)19(25)16-7-8-17(20)26-16/h3-8,14H,9-12H2,1-2H3,(H,21,24). The maximum Gasteiger partial charge on any atom is 0.289 e. The maximum absolute atomic E-state index is 12.4. The number of anilines is 1. The van der Waals surface area contributed by atoms with Crippen LogP contribution in [0.1, 0.15) is 33.8 Å². The predicted molar refractivity (Wildman–Crippen MR) is 104 cm³/mol. The van der Waals surface area contributed by atoms with Crippen molar-refractivity contribution in [3.05, 3.63) is 52.4 Å². The first-order valence-corrected chi connectivity index (χ1v) is 9.36. The number of hydrogen-bond donors (Lipinski definition) is 1. The zero-order chi connectivity index (χ0) is 18.7. The lowest BCUT2D eigenvalue weighted by molar-refractivity contribution is 0.0666. The Morgan fingerprint density at radius 1 is 1.12 bits per heavy atom. The number of nitrogens with one attached hydrogen (secondary N) is 1. The van der Waals surface area contributed by atoms with E-state index in [-0.39, 0.29) is 17.9 Å². The number of carbonyl (C=O) groups is 2. The van der Waals surface area contributed by atoms with Crippen molar-refractivity contribution in [2.24, 2.45) is 0 Å². The van der Waals surface area contributed by atoms with Crippen LogP contribution in [0.4, 0.5) is 5.69 Å². The Kier molecular flexibility index (Phi) is 5.66. The second kappa shape index (κ2) is 7.95. The molecule has 138 valence electrons. The van der Waals surface area contributed by atoms with Gasteiger partial charge in [0.25, 0.3) is 11.8 Å². The number of halogens is 1. The van der Waals surface area contributed by atoms with E-state index in [1.54, 1.807) is 17.0 Å². The Hall–Kier alpha value is -2.28. The van der Waals surface area contributed by atoms with Crippen LogP contribution in [0.5, 0.6) is 0 Å². The molecule has 1 aliphatic rings. The van der Waals surface area contributed by atoms with Gasteiger partial charge in [-0.3, -0.25) is 9.59 Å². The van der Waals surface area contributed by atoms with Crippen LogP contribution in [0.25, 0.3) is 0 Å². The van der Waals surface area contributed by atoms with E-state index < -0.39 is 0 Å². The third-order valence-corrected chi connectivity index (χ3v) is 4.97. The highest BCUT2D eigenvalue weighted by Crippen LogP contribution is 2.19. The molecule has 1 N–H and O–H groups in total. The molecule has 3 rings (SSSR count). The van der Waals surface area contributed by atoms with Crippen LogP contribution in [0.15, 0.2) is 45.5 Å². The van der Waals surface area contributed by atoms with E-state index in [9.17, 15) is 9.59 Å². The average molecular weight is 420 g/mol. The molecule has 0 saturated carbocycles. The fourth-order valence-electron chi connectivity index (χ4n) is 2.99. The summed E-state index contributed by atoms with van der Waals surface area (Å²) in [6.07, 6.45) is 1.46. The number of hydrogen-bond acceptors (Lipinski definition) is 4. The van der Waals surface area contributed by atoms with Crippen LogP contribution in [0, 0.1) is 0 Å². The van der Waals surface area contributed by atoms with Crippen molar-refractivity contribution in [3.63, 3.8) is 0 Å². The van der Waals surface area contributed by atoms with Crippen LogP contribution >= 0.6 is 15.9 Å². The topological polar surface area (TPSA) is 65.8 Å². The van der Waals surface area contributed by atoms with E-state index in [1.807, 2.05) is 43.3 Å². The molecule has 0 spiro atoms. The fourth-order valence-corrected chi connectivity index (χ4v) is 3.30. The summed E-state index contributed by atoms with van der Waals surface area (Å²) in [5.41, 5.74) is 1.70. The van der Waals surface area contributed by atoms with Gasteiger partial charge in [0.1, 0.15) is 0 Å². The Bertz CT molecular complexity index is 778. The van der Waals surface area contributed by atoms with Crippen molar-refractivity contribution in [2.45, 2.75) is 18.9 Å². The summed E-state index contributed by atoms with van der Waals surface area (Å²) in [6.45, 7) is 1.20. The Morgan fingerprint density at radius 3 is 2.31 bits per heavy atom. The van der Waals surface area contributed by atoms with Crippen LogP contribution in [0.3, 0.4) is 0 Å². The minimum Gasteiger partial charge on any atom is -0.444 e. The Morgan fingerprint density at radius 2 is 1.77 bits per heavy atom. The lowest BCUT2D eigenvalue weighted by Gasteiger charge is -2.31. The third kappa shape index (κ3) is 4.27. The minimum absolute atomic E-state index is 0.0726. The normalized spacial score (nSPS) is 15.0. The average Bonchev–Trinajstić information content (AvgIpc) is 3.08. The summed E-state index contributed by atoms with van der Waals surface area (Å²) in [5.74, 6) is 0.148. The van der Waals surface area contributed by atoms with Gasteiger partial charge in [-0.15, -0.1) is 0 Å². The highest BCUT2D eigenvalue weighted by atomic mass is 79.9. The third-order valence-electron chi connectivity index (χ3n) is 4.55. The van der Waals surface area contributed by atoms with Crippen LogP contribution in [-0.2, 0) is 0 Å². The number of nitrogens with zero attached hydrogens (tertiary/aromatic N) is 2. The molecule has 0 bridgehead atoms. The molecular weight excluding hydrogens is 398 g/mol. The zero-order valence-electron chi connectivity index (χ0n) is 14.9. The number of furan rings is 1. The van der Waals surface area contributed by atoms with Gasteiger partial charge < -0.3 is 19.5 Å². The molecule has 1 saturated heterocycles. The van der Waals surface area contributed by atoms with E-state index >= 15 is 0 Å². The highest BCUT2D eigenvalue weighted by molar-refractivity contribution is 9.10. The van der Waals surface area contributed by atoms with Crippen molar-refractivity contribution in [3.8, 4) is 0 Å². The molecule has 0 atom stereocenters. The molecule has 2 aromatic rings. The van der Waals surface area contributed by atoms with Crippen molar-refractivity contribution in [2.75, 3.05) is 32.1 Å². The smallest absolute Gasteiger partial charge is 0.289 e. The zero-order valence-corrected chi connectivity index (χ0v) is 16.5. The van der Waals surface area contributed by atoms with Gasteiger partial charge in [0.05, 0.1) is 0 Å². The summed E-state index contributed by atoms with van der Waals surface area (Å²) in [4.78, 5) is 28.5. The molecular formula is C19H22BrN3O3. The molecule has 7 heteroatoms. The molecule has 1 aromatic carbocycles. The van der Waals surface area contributed by atoms with E-state index in [0.29, 0.717) is 29.1 Å². The van der Waals surface area contributed by atoms with Gasteiger partial charge >= 0.3 is 0 Å². The second-order valence-corrected chi connectivity index (χ2v) is 7.37. The number of likely N-dealkylation sites (tertiary alicyclic amines) is 1. The number of piperidine rings is 1. The number of amides is 2. The molecule has 26 heavy (non-hydrogen) atoms. The van der Waals surface area contributed by atoms with Crippen molar-refractivity contribution in [1.29, 1.82) is 0 Å². The van der Waals surface area contributed by atoms with E-state index in [2.05, 4.69) is 21.2 Å².